The predicted molar refractivity (Wildman–Crippen MR) is 268 cm³/mol. The fourth-order valence-corrected chi connectivity index (χ4v) is 12.5. The zero-order valence-corrected chi connectivity index (χ0v) is 40.5. The number of imidazole rings is 1. The van der Waals surface area contributed by atoms with Crippen molar-refractivity contribution in [2.45, 2.75) is 180 Å². The number of fused-ring (bicyclic) bond motifs is 8. The molecular weight excluding hydrogens is 839 g/mol. The number of amides is 2. The Kier molecular flexibility index (Phi) is 21.4. The Balaban J connectivity index is 0.714. The summed E-state index contributed by atoms with van der Waals surface area (Å²) in [4.78, 5) is 47.8. The molecule has 3 aliphatic rings. The molecule has 2 bridgehead atoms. The minimum absolute atomic E-state index is 0.0398. The summed E-state index contributed by atoms with van der Waals surface area (Å²) in [5.74, 6) is 6.09. The van der Waals surface area contributed by atoms with Crippen molar-refractivity contribution in [3.63, 3.8) is 0 Å². The smallest absolute Gasteiger partial charge is 0.220 e. The van der Waals surface area contributed by atoms with Crippen LogP contribution < -0.4 is 27.0 Å². The largest absolute Gasteiger partial charge is 0.382 e. The maximum Gasteiger partial charge on any atom is 0.220 e. The number of amidine groups is 1. The normalized spacial score (nSPS) is 21.2. The van der Waals surface area contributed by atoms with E-state index in [1.165, 1.54) is 57.8 Å². The lowest BCUT2D eigenvalue weighted by atomic mass is 9.85. The molecule has 0 spiro atoms. The number of Topliss-reactive ketones (excluding diaryl/α,β-unsaturated/α-hetero) is 1. The van der Waals surface area contributed by atoms with Gasteiger partial charge in [0.1, 0.15) is 11.3 Å². The van der Waals surface area contributed by atoms with Gasteiger partial charge in [-0.2, -0.15) is 0 Å². The number of hydrogen-bond donors (Lipinski definition) is 6. The highest BCUT2D eigenvalue weighted by atomic mass is 33.1. The summed E-state index contributed by atoms with van der Waals surface area (Å²) < 4.78 is 2.32. The number of pyridine rings is 1. The molecule has 6 rings (SSSR count). The first-order valence-electron chi connectivity index (χ1n) is 25.3. The van der Waals surface area contributed by atoms with Gasteiger partial charge in [0.2, 0.25) is 11.8 Å². The van der Waals surface area contributed by atoms with Crippen molar-refractivity contribution in [2.75, 3.05) is 36.9 Å². The van der Waals surface area contributed by atoms with Crippen molar-refractivity contribution in [3.8, 4) is 0 Å². The summed E-state index contributed by atoms with van der Waals surface area (Å²) in [6, 6.07) is 8.56. The van der Waals surface area contributed by atoms with E-state index in [2.05, 4.69) is 43.8 Å². The Bertz CT molecular complexity index is 1940. The second kappa shape index (κ2) is 27.3. The van der Waals surface area contributed by atoms with Crippen LogP contribution in [0.3, 0.4) is 0 Å². The van der Waals surface area contributed by atoms with E-state index in [-0.39, 0.29) is 23.8 Å². The standard InChI is InChI=1S/C50H79N9O3S2/c1-2-3-26-42-58-47-48(38-22-12-13-23-39(38)57-50(47)52)59(42)32-18-17-31-54-43(60)27-11-8-15-30-55-44(61)28-34-64-63-33-19-25-41(51)53-29-16-14-24-40-49(62)45-36-20-9-6-4-5-7-10-21-37(35-36)46(45)56-40/h12-13,22-23,36-37,40,45-46,56H,2-11,14-21,24-35H2,1H3,(H2,51,53)(H2,52,57)(H,54,60)(H,55,61). The summed E-state index contributed by atoms with van der Waals surface area (Å²) >= 11 is 0. The molecule has 12 nitrogen and oxygen atoms in total. The van der Waals surface area contributed by atoms with Gasteiger partial charge >= 0.3 is 0 Å². The highest BCUT2D eigenvalue weighted by Gasteiger charge is 2.52. The first-order chi connectivity index (χ1) is 31.3. The van der Waals surface area contributed by atoms with E-state index >= 15 is 0 Å². The molecule has 64 heavy (non-hydrogen) atoms. The second-order valence-corrected chi connectivity index (χ2v) is 21.4. The number of para-hydroxylation sites is 1. The first kappa shape index (κ1) is 50.1. The number of nitrogen functional groups attached to an aromatic ring is 1. The maximum absolute atomic E-state index is 13.5. The highest BCUT2D eigenvalue weighted by Crippen LogP contribution is 2.46. The molecule has 14 heteroatoms. The van der Waals surface area contributed by atoms with Crippen LogP contribution in [0, 0.1) is 23.2 Å². The Hall–Kier alpha value is -3.36. The van der Waals surface area contributed by atoms with Crippen LogP contribution in [0.4, 0.5) is 5.82 Å². The zero-order chi connectivity index (χ0) is 44.9. The van der Waals surface area contributed by atoms with Crippen molar-refractivity contribution in [3.05, 3.63) is 30.1 Å². The van der Waals surface area contributed by atoms with Crippen molar-refractivity contribution >= 4 is 72.8 Å². The second-order valence-electron chi connectivity index (χ2n) is 18.7. The fourth-order valence-electron chi connectivity index (χ4n) is 10.5. The number of ketones is 1. The number of anilines is 1. The van der Waals surface area contributed by atoms with E-state index in [1.807, 2.05) is 18.2 Å². The summed E-state index contributed by atoms with van der Waals surface area (Å²) in [5, 5.41) is 22.6. The number of aryl methyl sites for hydroxylation is 2. The van der Waals surface area contributed by atoms with Crippen molar-refractivity contribution < 1.29 is 14.4 Å². The van der Waals surface area contributed by atoms with E-state index in [9.17, 15) is 14.4 Å². The van der Waals surface area contributed by atoms with Crippen LogP contribution in [0.1, 0.15) is 160 Å². The first-order valence-corrected chi connectivity index (χ1v) is 27.7. The molecule has 3 heterocycles. The third-order valence-electron chi connectivity index (χ3n) is 13.9. The Labute approximate surface area is 391 Å². The summed E-state index contributed by atoms with van der Waals surface area (Å²) in [6.45, 7) is 5.10. The maximum atomic E-state index is 13.5. The number of nitrogens with zero attached hydrogens (tertiary/aromatic N) is 3. The van der Waals surface area contributed by atoms with Crippen LogP contribution >= 0.6 is 21.6 Å². The van der Waals surface area contributed by atoms with Crippen molar-refractivity contribution in [1.29, 1.82) is 5.41 Å². The Morgan fingerprint density at radius 2 is 1.50 bits per heavy atom. The SMILES string of the molecule is CCCCc1nc2c(N)nc3ccccc3c2n1CCCCNC(=O)CCCCCNC(=O)CCSSCCCC(=N)NCCCCC1NC2C3CCCCCCCCC(C3)C2C1=O. The number of nitrogens with two attached hydrogens (primary N) is 1. The molecule has 5 unspecified atom stereocenters. The van der Waals surface area contributed by atoms with E-state index in [0.29, 0.717) is 61.2 Å². The molecule has 1 aromatic carbocycles. The topological polar surface area (TPSA) is 180 Å². The highest BCUT2D eigenvalue weighted by molar-refractivity contribution is 8.76. The fraction of sp³-hybridized carbons (Fsp3) is 0.720. The minimum atomic E-state index is 0.0398. The molecule has 3 aromatic rings. The number of unbranched alkanes of at least 4 members (excludes halogenated alkanes) is 5. The minimum Gasteiger partial charge on any atom is -0.382 e. The average molecular weight is 918 g/mol. The molecule has 1 saturated heterocycles. The number of nitrogens with one attached hydrogen (secondary N) is 5. The Morgan fingerprint density at radius 3 is 2.31 bits per heavy atom. The van der Waals surface area contributed by atoms with Crippen LogP contribution in [0.25, 0.3) is 21.9 Å². The van der Waals surface area contributed by atoms with Gasteiger partial charge in [0.15, 0.2) is 11.6 Å². The molecule has 2 aromatic heterocycles. The quantitative estimate of drug-likeness (QED) is 0.0187. The van der Waals surface area contributed by atoms with Gasteiger partial charge in [-0.15, -0.1) is 0 Å². The van der Waals surface area contributed by atoms with Crippen LogP contribution in [-0.4, -0.2) is 81.2 Å². The molecule has 354 valence electrons. The number of carbonyl (C=O) groups excluding carboxylic acids is 3. The molecule has 2 aliphatic carbocycles. The number of rotatable bonds is 27. The van der Waals surface area contributed by atoms with Crippen LogP contribution in [0.15, 0.2) is 24.3 Å². The zero-order valence-electron chi connectivity index (χ0n) is 38.9. The van der Waals surface area contributed by atoms with E-state index in [0.717, 1.165) is 136 Å². The van der Waals surface area contributed by atoms with Crippen molar-refractivity contribution in [2.24, 2.45) is 17.8 Å². The number of hydrogen-bond acceptors (Lipinski definition) is 10. The van der Waals surface area contributed by atoms with Gasteiger partial charge in [-0.05, 0) is 95.0 Å². The predicted octanol–water partition coefficient (Wildman–Crippen LogP) is 9.67. The summed E-state index contributed by atoms with van der Waals surface area (Å²) in [7, 11) is 3.50. The summed E-state index contributed by atoms with van der Waals surface area (Å²) in [5.41, 5.74) is 9.07. The lowest BCUT2D eigenvalue weighted by molar-refractivity contribution is -0.123. The number of benzene rings is 1. The molecule has 2 amide bonds. The third-order valence-corrected chi connectivity index (χ3v) is 16.4. The van der Waals surface area contributed by atoms with Crippen LogP contribution in [0.5, 0.6) is 0 Å². The van der Waals surface area contributed by atoms with Gasteiger partial charge in [0.05, 0.1) is 22.9 Å². The van der Waals surface area contributed by atoms with E-state index < -0.39 is 0 Å². The Morgan fingerprint density at radius 1 is 0.797 bits per heavy atom. The molecule has 3 fully saturated rings. The average Bonchev–Trinajstić information content (AvgIpc) is 3.93. The van der Waals surface area contributed by atoms with Gasteiger partial charge < -0.3 is 31.6 Å². The number of aromatic nitrogens is 3. The molecule has 5 atom stereocenters. The van der Waals surface area contributed by atoms with Crippen LogP contribution in [-0.2, 0) is 27.3 Å². The van der Waals surface area contributed by atoms with E-state index in [1.54, 1.807) is 21.6 Å². The molecular formula is C50H79N9O3S2. The van der Waals surface area contributed by atoms with Gasteiger partial charge in [0, 0.05) is 80.7 Å². The number of carbonyl (C=O) groups is 3. The van der Waals surface area contributed by atoms with Crippen molar-refractivity contribution in [1.82, 2.24) is 35.8 Å². The summed E-state index contributed by atoms with van der Waals surface area (Å²) in [6.07, 6.45) is 24.9. The molecule has 7 N–H and O–H groups in total. The monoisotopic (exact) mass is 918 g/mol. The lowest BCUT2D eigenvalue weighted by Gasteiger charge is -2.20. The van der Waals surface area contributed by atoms with Crippen LogP contribution in [0.2, 0.25) is 0 Å². The van der Waals surface area contributed by atoms with Gasteiger partial charge in [0.25, 0.3) is 0 Å². The third kappa shape index (κ3) is 15.1. The van der Waals surface area contributed by atoms with E-state index in [4.69, 9.17) is 16.1 Å². The van der Waals surface area contributed by atoms with Gasteiger partial charge in [-0.3, -0.25) is 19.8 Å². The lowest BCUT2D eigenvalue weighted by Crippen LogP contribution is -2.35. The molecule has 0 radical (unpaired) electrons. The molecule has 2 saturated carbocycles. The van der Waals surface area contributed by atoms with Gasteiger partial charge in [-0.25, -0.2) is 9.97 Å². The molecule has 1 aliphatic heterocycles. The van der Waals surface area contributed by atoms with Gasteiger partial charge in [-0.1, -0.05) is 98.1 Å².